The fourth-order valence-corrected chi connectivity index (χ4v) is 2.73. The van der Waals surface area contributed by atoms with E-state index in [2.05, 4.69) is 15.7 Å². The summed E-state index contributed by atoms with van der Waals surface area (Å²) < 4.78 is 1.67. The van der Waals surface area contributed by atoms with Crippen molar-refractivity contribution in [3.63, 3.8) is 0 Å². The van der Waals surface area contributed by atoms with Crippen LogP contribution in [0.15, 0.2) is 66.9 Å². The van der Waals surface area contributed by atoms with Crippen LogP contribution in [0.25, 0.3) is 16.9 Å². The van der Waals surface area contributed by atoms with Gasteiger partial charge in [-0.2, -0.15) is 5.10 Å². The molecule has 0 bridgehead atoms. The van der Waals surface area contributed by atoms with E-state index < -0.39 is 6.04 Å². The van der Waals surface area contributed by atoms with Crippen LogP contribution in [-0.4, -0.2) is 34.2 Å². The maximum Gasteiger partial charge on any atom is 0.255 e. The zero-order valence-electron chi connectivity index (χ0n) is 15.3. The van der Waals surface area contributed by atoms with Gasteiger partial charge < -0.3 is 10.6 Å². The monoisotopic (exact) mass is 362 g/mol. The number of carbonyl (C=O) groups is 2. The Labute approximate surface area is 158 Å². The second kappa shape index (κ2) is 8.31. The molecular weight excluding hydrogens is 340 g/mol. The molecule has 2 N–H and O–H groups in total. The van der Waals surface area contributed by atoms with E-state index in [9.17, 15) is 9.59 Å². The summed E-state index contributed by atoms with van der Waals surface area (Å²) in [5, 5.41) is 10.1. The molecule has 0 aliphatic rings. The van der Waals surface area contributed by atoms with E-state index in [0.717, 1.165) is 11.3 Å². The van der Waals surface area contributed by atoms with Crippen LogP contribution in [0.1, 0.15) is 24.2 Å². The average Bonchev–Trinajstić information content (AvgIpc) is 3.15. The van der Waals surface area contributed by atoms with Gasteiger partial charge in [-0.3, -0.25) is 9.59 Å². The number of aromatic nitrogens is 2. The van der Waals surface area contributed by atoms with Gasteiger partial charge in [0.1, 0.15) is 11.7 Å². The molecule has 0 fully saturated rings. The Balaban J connectivity index is 1.96. The van der Waals surface area contributed by atoms with Crippen LogP contribution < -0.4 is 10.6 Å². The molecule has 0 aliphatic heterocycles. The third-order valence-corrected chi connectivity index (χ3v) is 4.12. The summed E-state index contributed by atoms with van der Waals surface area (Å²) >= 11 is 0. The maximum absolute atomic E-state index is 12.9. The summed E-state index contributed by atoms with van der Waals surface area (Å²) in [6.07, 6.45) is 1.69. The van der Waals surface area contributed by atoms with E-state index in [-0.39, 0.29) is 11.8 Å². The zero-order valence-corrected chi connectivity index (χ0v) is 15.3. The molecule has 0 spiro atoms. The topological polar surface area (TPSA) is 76.0 Å². The Morgan fingerprint density at radius 2 is 1.67 bits per heavy atom. The van der Waals surface area contributed by atoms with Crippen LogP contribution in [0, 0.1) is 0 Å². The van der Waals surface area contributed by atoms with Gasteiger partial charge >= 0.3 is 0 Å². The van der Waals surface area contributed by atoms with Crippen LogP contribution in [0.5, 0.6) is 0 Å². The molecule has 2 amide bonds. The molecule has 1 heterocycles. The van der Waals surface area contributed by atoms with Crippen molar-refractivity contribution < 1.29 is 9.59 Å². The van der Waals surface area contributed by atoms with Gasteiger partial charge in [-0.25, -0.2) is 4.68 Å². The molecule has 27 heavy (non-hydrogen) atoms. The Hall–Kier alpha value is -3.41. The van der Waals surface area contributed by atoms with Gasteiger partial charge in [0.25, 0.3) is 5.91 Å². The normalized spacial score (nSPS) is 11.6. The van der Waals surface area contributed by atoms with Crippen molar-refractivity contribution in [3.8, 4) is 16.9 Å². The summed E-state index contributed by atoms with van der Waals surface area (Å²) in [5.74, 6) is -0.558. The number of amides is 2. The first kappa shape index (κ1) is 18.4. The van der Waals surface area contributed by atoms with E-state index in [1.165, 1.54) is 0 Å². The van der Waals surface area contributed by atoms with Crippen LogP contribution >= 0.6 is 0 Å². The lowest BCUT2D eigenvalue weighted by Crippen LogP contribution is -2.44. The minimum absolute atomic E-state index is 0.220. The molecule has 3 aromatic rings. The zero-order chi connectivity index (χ0) is 19.2. The van der Waals surface area contributed by atoms with E-state index in [0.29, 0.717) is 17.8 Å². The van der Waals surface area contributed by atoms with Gasteiger partial charge in [-0.1, -0.05) is 48.5 Å². The number of benzene rings is 2. The van der Waals surface area contributed by atoms with Gasteiger partial charge in [-0.15, -0.1) is 0 Å². The molecule has 2 aromatic carbocycles. The van der Waals surface area contributed by atoms with Crippen LogP contribution in [-0.2, 0) is 4.79 Å². The first-order chi connectivity index (χ1) is 13.1. The lowest BCUT2D eigenvalue weighted by Gasteiger charge is -2.13. The molecule has 0 unspecified atom stereocenters. The quantitative estimate of drug-likeness (QED) is 0.708. The lowest BCUT2D eigenvalue weighted by molar-refractivity contribution is -0.122. The predicted octanol–water partition coefficient (Wildman–Crippen LogP) is 2.79. The largest absolute Gasteiger partial charge is 0.355 e. The molecule has 0 radical (unpaired) electrons. The van der Waals surface area contributed by atoms with E-state index >= 15 is 0 Å². The number of nitrogens with zero attached hydrogens (tertiary/aromatic N) is 2. The first-order valence-electron chi connectivity index (χ1n) is 8.89. The molecule has 1 atom stereocenters. The summed E-state index contributed by atoms with van der Waals surface area (Å²) in [4.78, 5) is 24.8. The summed E-state index contributed by atoms with van der Waals surface area (Å²) in [7, 11) is 0. The number of rotatable bonds is 6. The van der Waals surface area contributed by atoms with Crippen molar-refractivity contribution >= 4 is 11.8 Å². The van der Waals surface area contributed by atoms with Crippen LogP contribution in [0.3, 0.4) is 0 Å². The number of likely N-dealkylation sites (N-methyl/N-ethyl adjacent to an activating group) is 1. The summed E-state index contributed by atoms with van der Waals surface area (Å²) in [6, 6.07) is 18.5. The Kier molecular flexibility index (Phi) is 5.66. The molecule has 6 nitrogen and oxygen atoms in total. The fourth-order valence-electron chi connectivity index (χ4n) is 2.73. The van der Waals surface area contributed by atoms with Gasteiger partial charge in [0.2, 0.25) is 5.91 Å². The molecule has 138 valence electrons. The highest BCUT2D eigenvalue weighted by molar-refractivity contribution is 6.02. The fraction of sp³-hybridized carbons (Fsp3) is 0.190. The number of hydrogen-bond acceptors (Lipinski definition) is 3. The van der Waals surface area contributed by atoms with Gasteiger partial charge in [0, 0.05) is 18.3 Å². The number of nitrogens with one attached hydrogen (secondary N) is 2. The molecule has 0 saturated carbocycles. The smallest absolute Gasteiger partial charge is 0.255 e. The molecule has 0 aliphatic carbocycles. The van der Waals surface area contributed by atoms with Crippen molar-refractivity contribution in [2.75, 3.05) is 6.54 Å². The highest BCUT2D eigenvalue weighted by Crippen LogP contribution is 2.23. The first-order valence-corrected chi connectivity index (χ1v) is 8.89. The van der Waals surface area contributed by atoms with E-state index in [1.807, 2.05) is 67.6 Å². The van der Waals surface area contributed by atoms with Crippen molar-refractivity contribution in [2.45, 2.75) is 19.9 Å². The predicted molar refractivity (Wildman–Crippen MR) is 105 cm³/mol. The van der Waals surface area contributed by atoms with E-state index in [4.69, 9.17) is 0 Å². The SMILES string of the molecule is CCNC(=O)[C@@H](C)NC(=O)c1cn(-c2ccccc2)nc1-c1ccccc1. The molecule has 1 aromatic heterocycles. The Bertz CT molecular complexity index is 920. The minimum atomic E-state index is -0.638. The molecular formula is C21H22N4O2. The van der Waals surface area contributed by atoms with Crippen molar-refractivity contribution in [3.05, 3.63) is 72.4 Å². The Morgan fingerprint density at radius 1 is 1.04 bits per heavy atom. The van der Waals surface area contributed by atoms with Gasteiger partial charge in [0.15, 0.2) is 0 Å². The highest BCUT2D eigenvalue weighted by atomic mass is 16.2. The van der Waals surface area contributed by atoms with Gasteiger partial charge in [-0.05, 0) is 26.0 Å². The number of para-hydroxylation sites is 1. The molecule has 3 rings (SSSR count). The number of hydrogen-bond donors (Lipinski definition) is 2. The van der Waals surface area contributed by atoms with Crippen molar-refractivity contribution in [1.82, 2.24) is 20.4 Å². The second-order valence-corrected chi connectivity index (χ2v) is 6.13. The van der Waals surface area contributed by atoms with Crippen molar-refractivity contribution in [1.29, 1.82) is 0 Å². The third kappa shape index (κ3) is 4.23. The third-order valence-electron chi connectivity index (χ3n) is 4.12. The maximum atomic E-state index is 12.9. The van der Waals surface area contributed by atoms with Crippen LogP contribution in [0.4, 0.5) is 0 Å². The van der Waals surface area contributed by atoms with Gasteiger partial charge in [0.05, 0.1) is 11.3 Å². The minimum Gasteiger partial charge on any atom is -0.355 e. The lowest BCUT2D eigenvalue weighted by atomic mass is 10.1. The number of carbonyl (C=O) groups excluding carboxylic acids is 2. The standard InChI is InChI=1S/C21H22N4O2/c1-3-22-20(26)15(2)23-21(27)18-14-25(17-12-8-5-9-13-17)24-19(18)16-10-6-4-7-11-16/h4-15H,3H2,1-2H3,(H,22,26)(H,23,27)/t15-/m1/s1. The highest BCUT2D eigenvalue weighted by Gasteiger charge is 2.22. The second-order valence-electron chi connectivity index (χ2n) is 6.13. The molecule has 0 saturated heterocycles. The van der Waals surface area contributed by atoms with Crippen LogP contribution in [0.2, 0.25) is 0 Å². The Morgan fingerprint density at radius 3 is 2.30 bits per heavy atom. The van der Waals surface area contributed by atoms with Crippen molar-refractivity contribution in [2.24, 2.45) is 0 Å². The molecule has 6 heteroatoms. The summed E-state index contributed by atoms with van der Waals surface area (Å²) in [6.45, 7) is 4.01. The average molecular weight is 362 g/mol. The summed E-state index contributed by atoms with van der Waals surface area (Å²) in [5.41, 5.74) is 2.68. The van der Waals surface area contributed by atoms with E-state index in [1.54, 1.807) is 17.8 Å².